The van der Waals surface area contributed by atoms with Crippen LogP contribution in [0.5, 0.6) is 0 Å². The molecule has 1 atom stereocenters. The fraction of sp³-hybridized carbons (Fsp3) is 0.667. The van der Waals surface area contributed by atoms with E-state index in [0.717, 1.165) is 31.6 Å². The molecule has 0 aromatic rings. The lowest BCUT2D eigenvalue weighted by Gasteiger charge is -2.18. The lowest BCUT2D eigenvalue weighted by molar-refractivity contribution is 0.0987. The molecule has 0 bridgehead atoms. The second kappa shape index (κ2) is 8.07. The van der Waals surface area contributed by atoms with Crippen LogP contribution in [-0.4, -0.2) is 16.6 Å². The van der Waals surface area contributed by atoms with Crippen molar-refractivity contribution in [1.82, 2.24) is 0 Å². The van der Waals surface area contributed by atoms with E-state index in [9.17, 15) is 5.11 Å². The van der Waals surface area contributed by atoms with Gasteiger partial charge in [0, 0.05) is 5.88 Å². The third-order valence-corrected chi connectivity index (χ3v) is 2.34. The molecule has 0 saturated heterocycles. The molecule has 0 fully saturated rings. The molecule has 0 aliphatic rings. The second-order valence-electron chi connectivity index (χ2n) is 3.74. The Hall–Kier alpha value is -0.270. The van der Waals surface area contributed by atoms with Crippen LogP contribution < -0.4 is 0 Å². The van der Waals surface area contributed by atoms with E-state index in [1.807, 2.05) is 38.2 Å². The van der Waals surface area contributed by atoms with Gasteiger partial charge in [0.25, 0.3) is 0 Å². The number of alkyl halides is 1. The molecule has 2 heteroatoms. The summed E-state index contributed by atoms with van der Waals surface area (Å²) < 4.78 is 0. The van der Waals surface area contributed by atoms with Crippen LogP contribution in [0.3, 0.4) is 0 Å². The third kappa shape index (κ3) is 8.33. The van der Waals surface area contributed by atoms with E-state index < -0.39 is 5.60 Å². The first-order chi connectivity index (χ1) is 6.62. The minimum Gasteiger partial charge on any atom is -0.386 e. The molecule has 0 unspecified atom stereocenters. The Kier molecular flexibility index (Phi) is 7.92. The van der Waals surface area contributed by atoms with E-state index in [2.05, 4.69) is 0 Å². The molecule has 82 valence electrons. The van der Waals surface area contributed by atoms with Crippen LogP contribution in [0.1, 0.15) is 39.5 Å². The zero-order chi connectivity index (χ0) is 10.9. The second-order valence-corrected chi connectivity index (χ2v) is 4.12. The third-order valence-electron chi connectivity index (χ3n) is 2.08. The molecule has 0 amide bonds. The first-order valence-corrected chi connectivity index (χ1v) is 5.74. The predicted octanol–water partition coefficient (Wildman–Crippen LogP) is 3.67. The van der Waals surface area contributed by atoms with Gasteiger partial charge in [-0.15, -0.1) is 11.6 Å². The highest BCUT2D eigenvalue weighted by Gasteiger charge is 2.14. The molecule has 0 spiro atoms. The van der Waals surface area contributed by atoms with Gasteiger partial charge in [-0.3, -0.25) is 0 Å². The molecular formula is C12H21ClO. The zero-order valence-electron chi connectivity index (χ0n) is 9.17. The Labute approximate surface area is 92.5 Å². The number of halogens is 1. The van der Waals surface area contributed by atoms with Crippen LogP contribution in [-0.2, 0) is 0 Å². The Morgan fingerprint density at radius 1 is 1.21 bits per heavy atom. The van der Waals surface area contributed by atoms with Gasteiger partial charge in [0.05, 0.1) is 5.60 Å². The van der Waals surface area contributed by atoms with Gasteiger partial charge in [0.2, 0.25) is 0 Å². The molecule has 1 nitrogen and oxygen atoms in total. The van der Waals surface area contributed by atoms with Crippen molar-refractivity contribution in [3.63, 3.8) is 0 Å². The van der Waals surface area contributed by atoms with E-state index in [-0.39, 0.29) is 0 Å². The van der Waals surface area contributed by atoms with Crippen molar-refractivity contribution >= 4 is 11.6 Å². The van der Waals surface area contributed by atoms with Gasteiger partial charge in [-0.05, 0) is 26.7 Å². The molecule has 14 heavy (non-hydrogen) atoms. The van der Waals surface area contributed by atoms with Crippen LogP contribution in [0.2, 0.25) is 0 Å². The molecule has 0 aliphatic heterocycles. The summed E-state index contributed by atoms with van der Waals surface area (Å²) in [4.78, 5) is 0. The van der Waals surface area contributed by atoms with Crippen LogP contribution in [0.15, 0.2) is 24.3 Å². The van der Waals surface area contributed by atoms with Crippen molar-refractivity contribution in [2.24, 2.45) is 0 Å². The summed E-state index contributed by atoms with van der Waals surface area (Å²) in [5.74, 6) is 0.719. The first-order valence-electron chi connectivity index (χ1n) is 5.21. The molecule has 0 aromatic carbocycles. The summed E-state index contributed by atoms with van der Waals surface area (Å²) in [5, 5.41) is 9.89. The van der Waals surface area contributed by atoms with Crippen molar-refractivity contribution < 1.29 is 5.11 Å². The number of unbranched alkanes of at least 4 members (excludes halogenated alkanes) is 2. The Morgan fingerprint density at radius 3 is 2.50 bits per heavy atom. The Balaban J connectivity index is 3.71. The summed E-state index contributed by atoms with van der Waals surface area (Å²) in [5.41, 5.74) is -0.675. The van der Waals surface area contributed by atoms with Crippen LogP contribution in [0.4, 0.5) is 0 Å². The lowest BCUT2D eigenvalue weighted by atomic mass is 9.98. The van der Waals surface area contributed by atoms with Crippen LogP contribution in [0, 0.1) is 0 Å². The minimum atomic E-state index is -0.675. The number of rotatable bonds is 7. The Morgan fingerprint density at radius 2 is 1.93 bits per heavy atom. The highest BCUT2D eigenvalue weighted by molar-refractivity contribution is 6.17. The zero-order valence-corrected chi connectivity index (χ0v) is 9.93. The quantitative estimate of drug-likeness (QED) is 0.391. The molecule has 0 radical (unpaired) electrons. The van der Waals surface area contributed by atoms with Gasteiger partial charge < -0.3 is 5.11 Å². The van der Waals surface area contributed by atoms with Gasteiger partial charge in [0.1, 0.15) is 0 Å². The van der Waals surface area contributed by atoms with Crippen molar-refractivity contribution in [1.29, 1.82) is 0 Å². The average Bonchev–Trinajstić information content (AvgIpc) is 2.13. The summed E-state index contributed by atoms with van der Waals surface area (Å²) in [6, 6.07) is 0. The molecular weight excluding hydrogens is 196 g/mol. The summed E-state index contributed by atoms with van der Waals surface area (Å²) in [6.45, 7) is 3.80. The highest BCUT2D eigenvalue weighted by atomic mass is 35.5. The average molecular weight is 217 g/mol. The van der Waals surface area contributed by atoms with Gasteiger partial charge >= 0.3 is 0 Å². The Bertz CT molecular complexity index is 183. The van der Waals surface area contributed by atoms with Crippen molar-refractivity contribution in [3.8, 4) is 0 Å². The minimum absolute atomic E-state index is 0.675. The fourth-order valence-electron chi connectivity index (χ4n) is 1.21. The topological polar surface area (TPSA) is 20.2 Å². The maximum atomic E-state index is 9.89. The number of hydrogen-bond acceptors (Lipinski definition) is 1. The summed E-state index contributed by atoms with van der Waals surface area (Å²) in [7, 11) is 0. The molecule has 0 aliphatic carbocycles. The van der Waals surface area contributed by atoms with Gasteiger partial charge in [0.15, 0.2) is 0 Å². The summed E-state index contributed by atoms with van der Waals surface area (Å²) >= 11 is 5.57. The maximum Gasteiger partial charge on any atom is 0.0802 e. The number of hydrogen-bond donors (Lipinski definition) is 1. The maximum absolute atomic E-state index is 9.89. The van der Waals surface area contributed by atoms with E-state index in [0.29, 0.717) is 0 Å². The number of allylic oxidation sites excluding steroid dienone is 3. The molecule has 1 N–H and O–H groups in total. The normalized spacial score (nSPS) is 16.6. The van der Waals surface area contributed by atoms with Gasteiger partial charge in [-0.25, -0.2) is 0 Å². The van der Waals surface area contributed by atoms with Gasteiger partial charge in [-0.2, -0.15) is 0 Å². The molecule has 0 heterocycles. The molecule has 0 rings (SSSR count). The molecule has 0 aromatic heterocycles. The highest BCUT2D eigenvalue weighted by Crippen LogP contribution is 2.16. The van der Waals surface area contributed by atoms with Crippen molar-refractivity contribution in [2.75, 3.05) is 5.88 Å². The van der Waals surface area contributed by atoms with E-state index in [1.165, 1.54) is 0 Å². The summed E-state index contributed by atoms with van der Waals surface area (Å²) in [6.07, 6.45) is 11.6. The predicted molar refractivity (Wildman–Crippen MR) is 63.8 cm³/mol. The van der Waals surface area contributed by atoms with E-state index in [4.69, 9.17) is 11.6 Å². The van der Waals surface area contributed by atoms with Crippen molar-refractivity contribution in [3.05, 3.63) is 24.3 Å². The smallest absolute Gasteiger partial charge is 0.0802 e. The van der Waals surface area contributed by atoms with E-state index >= 15 is 0 Å². The molecule has 0 saturated carbocycles. The number of aliphatic hydroxyl groups is 1. The van der Waals surface area contributed by atoms with Crippen molar-refractivity contribution in [2.45, 2.75) is 45.1 Å². The van der Waals surface area contributed by atoms with E-state index in [1.54, 1.807) is 0 Å². The lowest BCUT2D eigenvalue weighted by Crippen LogP contribution is -2.20. The van der Waals surface area contributed by atoms with Crippen LogP contribution >= 0.6 is 11.6 Å². The standard InChI is InChI=1S/C12H21ClO/c1-3-4-6-9-12(2,14)10-7-5-8-11-13/h3-4,6,9,14H,5,7-8,10-11H2,1-2H3/b4-3+,9-6-/t12-/m0/s1. The first kappa shape index (κ1) is 13.7. The largest absolute Gasteiger partial charge is 0.386 e. The van der Waals surface area contributed by atoms with Crippen LogP contribution in [0.25, 0.3) is 0 Å². The fourth-order valence-corrected chi connectivity index (χ4v) is 1.40. The van der Waals surface area contributed by atoms with Gasteiger partial charge in [-0.1, -0.05) is 37.1 Å². The SMILES string of the molecule is C/C=C/C=C\[C@](C)(O)CCCCCCl. The monoisotopic (exact) mass is 216 g/mol.